The smallest absolute Gasteiger partial charge is 0.250 e. The Morgan fingerprint density at radius 3 is 3.00 bits per heavy atom. The van der Waals surface area contributed by atoms with Crippen molar-refractivity contribution in [3.05, 3.63) is 17.5 Å². The number of hydrogen-bond acceptors (Lipinski definition) is 4. The highest BCUT2D eigenvalue weighted by atomic mass is 32.2. The Hall–Kier alpha value is -0.430. The zero-order valence-corrected chi connectivity index (χ0v) is 11.5. The zero-order valence-electron chi connectivity index (χ0n) is 9.85. The highest BCUT2D eigenvalue weighted by Crippen LogP contribution is 2.19. The van der Waals surface area contributed by atoms with Crippen LogP contribution in [-0.2, 0) is 10.0 Å². The number of sulfonamides is 1. The topological polar surface area (TPSA) is 58.2 Å². The van der Waals surface area contributed by atoms with Gasteiger partial charge in [-0.1, -0.05) is 6.07 Å². The van der Waals surface area contributed by atoms with Gasteiger partial charge in [0.25, 0.3) is 0 Å². The van der Waals surface area contributed by atoms with Gasteiger partial charge >= 0.3 is 0 Å². The maximum atomic E-state index is 12.0. The predicted molar refractivity (Wildman–Crippen MR) is 69.7 cm³/mol. The van der Waals surface area contributed by atoms with Gasteiger partial charge in [0.05, 0.1) is 0 Å². The van der Waals surface area contributed by atoms with Crippen LogP contribution in [-0.4, -0.2) is 27.5 Å². The van der Waals surface area contributed by atoms with Crippen LogP contribution in [0, 0.1) is 5.92 Å². The van der Waals surface area contributed by atoms with Crippen LogP contribution in [0.4, 0.5) is 0 Å². The Bertz CT molecular complexity index is 436. The molecule has 2 N–H and O–H groups in total. The summed E-state index contributed by atoms with van der Waals surface area (Å²) in [6.07, 6.45) is 2.21. The molecule has 0 saturated carbocycles. The molecule has 0 spiro atoms. The van der Waals surface area contributed by atoms with Crippen molar-refractivity contribution in [2.45, 2.75) is 30.0 Å². The number of rotatable bonds is 4. The fourth-order valence-corrected chi connectivity index (χ4v) is 4.44. The van der Waals surface area contributed by atoms with Crippen molar-refractivity contribution in [1.82, 2.24) is 10.0 Å². The Kier molecular flexibility index (Phi) is 4.19. The van der Waals surface area contributed by atoms with E-state index < -0.39 is 10.0 Å². The largest absolute Gasteiger partial charge is 0.316 e. The number of piperidine rings is 1. The van der Waals surface area contributed by atoms with Gasteiger partial charge in [0.15, 0.2) is 0 Å². The average Bonchev–Trinajstić information content (AvgIpc) is 2.84. The first-order chi connectivity index (χ1) is 8.09. The van der Waals surface area contributed by atoms with Gasteiger partial charge in [0.2, 0.25) is 10.0 Å². The van der Waals surface area contributed by atoms with E-state index in [1.807, 2.05) is 6.92 Å². The maximum absolute atomic E-state index is 12.0. The molecular formula is C11H18N2O2S2. The highest BCUT2D eigenvalue weighted by Gasteiger charge is 2.25. The summed E-state index contributed by atoms with van der Waals surface area (Å²) in [5.41, 5.74) is 0. The lowest BCUT2D eigenvalue weighted by molar-refractivity contribution is 0.320. The fraction of sp³-hybridized carbons (Fsp3) is 0.636. The summed E-state index contributed by atoms with van der Waals surface area (Å²) in [6, 6.07) is 3.38. The maximum Gasteiger partial charge on any atom is 0.250 e. The third-order valence-electron chi connectivity index (χ3n) is 3.14. The Morgan fingerprint density at radius 1 is 1.59 bits per heavy atom. The number of nitrogens with one attached hydrogen (secondary N) is 2. The van der Waals surface area contributed by atoms with Crippen molar-refractivity contribution in [2.75, 3.05) is 13.1 Å². The Morgan fingerprint density at radius 2 is 2.41 bits per heavy atom. The molecule has 17 heavy (non-hydrogen) atoms. The molecule has 1 aromatic rings. The molecule has 1 aromatic heterocycles. The number of hydrogen-bond donors (Lipinski definition) is 2. The summed E-state index contributed by atoms with van der Waals surface area (Å²) in [5, 5.41) is 5.08. The van der Waals surface area contributed by atoms with E-state index in [4.69, 9.17) is 0 Å². The molecule has 2 rings (SSSR count). The molecule has 2 unspecified atom stereocenters. The lowest BCUT2D eigenvalue weighted by Gasteiger charge is -2.28. The van der Waals surface area contributed by atoms with E-state index >= 15 is 0 Å². The van der Waals surface area contributed by atoms with Crippen molar-refractivity contribution in [1.29, 1.82) is 0 Å². The quantitative estimate of drug-likeness (QED) is 0.873. The number of thiophene rings is 1. The third kappa shape index (κ3) is 3.28. The van der Waals surface area contributed by atoms with Crippen molar-refractivity contribution in [3.63, 3.8) is 0 Å². The Balaban J connectivity index is 2.00. The van der Waals surface area contributed by atoms with Crippen molar-refractivity contribution in [3.8, 4) is 0 Å². The van der Waals surface area contributed by atoms with Crippen LogP contribution in [0.2, 0.25) is 0 Å². The summed E-state index contributed by atoms with van der Waals surface area (Å²) in [7, 11) is -3.32. The average molecular weight is 274 g/mol. The van der Waals surface area contributed by atoms with Crippen molar-refractivity contribution >= 4 is 21.4 Å². The molecule has 0 aromatic carbocycles. The van der Waals surface area contributed by atoms with E-state index in [0.29, 0.717) is 10.1 Å². The second-order valence-corrected chi connectivity index (χ2v) is 7.34. The Labute approximate surface area is 106 Å². The standard InChI is InChI=1S/C11H18N2O2S2/c1-9(10-4-2-6-12-8-10)13-17(14,15)11-5-3-7-16-11/h3,5,7,9-10,12-13H,2,4,6,8H2,1H3. The van der Waals surface area contributed by atoms with Gasteiger partial charge in [0.1, 0.15) is 4.21 Å². The minimum absolute atomic E-state index is 0.0186. The van der Waals surface area contributed by atoms with Gasteiger partial charge in [-0.05, 0) is 50.2 Å². The fourth-order valence-electron chi connectivity index (χ4n) is 2.12. The summed E-state index contributed by atoms with van der Waals surface area (Å²) in [4.78, 5) is 0. The molecule has 0 amide bonds. The minimum Gasteiger partial charge on any atom is -0.316 e. The first kappa shape index (κ1) is 13.0. The van der Waals surface area contributed by atoms with Crippen LogP contribution in [0.5, 0.6) is 0 Å². The van der Waals surface area contributed by atoms with Crippen molar-refractivity contribution < 1.29 is 8.42 Å². The van der Waals surface area contributed by atoms with Gasteiger partial charge in [-0.15, -0.1) is 11.3 Å². The predicted octanol–water partition coefficient (Wildman–Crippen LogP) is 1.41. The normalized spacial score (nSPS) is 23.5. The lowest BCUT2D eigenvalue weighted by Crippen LogP contribution is -2.44. The first-order valence-electron chi connectivity index (χ1n) is 5.86. The molecule has 1 aliphatic heterocycles. The van der Waals surface area contributed by atoms with E-state index in [0.717, 1.165) is 25.9 Å². The molecule has 2 heterocycles. The molecule has 1 saturated heterocycles. The molecular weight excluding hydrogens is 256 g/mol. The van der Waals surface area contributed by atoms with E-state index in [2.05, 4.69) is 10.0 Å². The molecule has 0 bridgehead atoms. The summed E-state index contributed by atoms with van der Waals surface area (Å²) in [5.74, 6) is 0.387. The second-order valence-electron chi connectivity index (χ2n) is 4.45. The molecule has 0 aliphatic carbocycles. The molecule has 96 valence electrons. The molecule has 1 fully saturated rings. The first-order valence-corrected chi connectivity index (χ1v) is 8.22. The van der Waals surface area contributed by atoms with E-state index in [9.17, 15) is 8.42 Å². The van der Waals surface area contributed by atoms with Crippen LogP contribution < -0.4 is 10.0 Å². The minimum atomic E-state index is -3.32. The van der Waals surface area contributed by atoms with Crippen LogP contribution >= 0.6 is 11.3 Å². The third-order valence-corrected chi connectivity index (χ3v) is 6.10. The molecule has 1 aliphatic rings. The van der Waals surface area contributed by atoms with E-state index in [1.54, 1.807) is 17.5 Å². The molecule has 2 atom stereocenters. The van der Waals surface area contributed by atoms with E-state index in [1.165, 1.54) is 11.3 Å². The van der Waals surface area contributed by atoms with E-state index in [-0.39, 0.29) is 6.04 Å². The van der Waals surface area contributed by atoms with Crippen molar-refractivity contribution in [2.24, 2.45) is 5.92 Å². The summed E-state index contributed by atoms with van der Waals surface area (Å²) in [6.45, 7) is 3.89. The van der Waals surface area contributed by atoms with Gasteiger partial charge in [-0.25, -0.2) is 13.1 Å². The van der Waals surface area contributed by atoms with Crippen LogP contribution in [0.25, 0.3) is 0 Å². The molecule has 0 radical (unpaired) electrons. The van der Waals surface area contributed by atoms with Crippen LogP contribution in [0.1, 0.15) is 19.8 Å². The molecule has 6 heteroatoms. The summed E-state index contributed by atoms with van der Waals surface area (Å²) < 4.78 is 27.2. The second kappa shape index (κ2) is 5.48. The van der Waals surface area contributed by atoms with Gasteiger partial charge in [0, 0.05) is 6.04 Å². The van der Waals surface area contributed by atoms with Crippen LogP contribution in [0.15, 0.2) is 21.7 Å². The lowest BCUT2D eigenvalue weighted by atomic mass is 9.94. The highest BCUT2D eigenvalue weighted by molar-refractivity contribution is 7.91. The van der Waals surface area contributed by atoms with Gasteiger partial charge in [-0.3, -0.25) is 0 Å². The van der Waals surface area contributed by atoms with Gasteiger partial charge < -0.3 is 5.32 Å². The SMILES string of the molecule is CC(NS(=O)(=O)c1cccs1)C1CCCNC1. The zero-order chi connectivity index (χ0) is 12.3. The summed E-state index contributed by atoms with van der Waals surface area (Å²) >= 11 is 1.25. The van der Waals surface area contributed by atoms with Crippen LogP contribution in [0.3, 0.4) is 0 Å². The monoisotopic (exact) mass is 274 g/mol. The molecule has 4 nitrogen and oxygen atoms in total. The van der Waals surface area contributed by atoms with Gasteiger partial charge in [-0.2, -0.15) is 0 Å².